The first-order valence-corrected chi connectivity index (χ1v) is 7.02. The fraction of sp³-hybridized carbons (Fsp3) is 0.769. The highest BCUT2D eigenvalue weighted by atomic mass is 19.4. The van der Waals surface area contributed by atoms with E-state index in [2.05, 4.69) is 17.3 Å². The lowest BCUT2D eigenvalue weighted by Gasteiger charge is -2.25. The van der Waals surface area contributed by atoms with Crippen LogP contribution in [0.2, 0.25) is 0 Å². The molecule has 2 fully saturated rings. The highest BCUT2D eigenvalue weighted by Gasteiger charge is 2.46. The topological polar surface area (TPSA) is 47.6 Å². The van der Waals surface area contributed by atoms with Crippen molar-refractivity contribution in [3.63, 3.8) is 0 Å². The summed E-state index contributed by atoms with van der Waals surface area (Å²) in [6, 6.07) is -0.445. The van der Waals surface area contributed by atoms with Crippen molar-refractivity contribution >= 4 is 5.91 Å². The number of halogens is 3. The summed E-state index contributed by atoms with van der Waals surface area (Å²) in [4.78, 5) is 14.0. The van der Waals surface area contributed by atoms with Crippen LogP contribution in [0.3, 0.4) is 0 Å². The normalized spacial score (nSPS) is 31.5. The first kappa shape index (κ1) is 16.3. The van der Waals surface area contributed by atoms with Crippen LogP contribution < -0.4 is 10.7 Å². The van der Waals surface area contributed by atoms with Gasteiger partial charge in [0.25, 0.3) is 0 Å². The Kier molecular flexibility index (Phi) is 4.60. The van der Waals surface area contributed by atoms with Crippen LogP contribution >= 0.6 is 0 Å². The zero-order valence-corrected chi connectivity index (χ0v) is 12.2. The van der Waals surface area contributed by atoms with E-state index in [1.54, 1.807) is 11.9 Å². The van der Waals surface area contributed by atoms with Crippen molar-refractivity contribution in [2.75, 3.05) is 26.7 Å². The number of hydrogen-bond acceptors (Lipinski definition) is 4. The SMILES string of the molecule is C=C1C(NC)C(CC)C(=O)N1C1CNN(CC(F)(F)F)C1. The highest BCUT2D eigenvalue weighted by Crippen LogP contribution is 2.32. The Bertz CT molecular complexity index is 404. The Morgan fingerprint density at radius 3 is 2.62 bits per heavy atom. The Morgan fingerprint density at radius 2 is 2.14 bits per heavy atom. The number of amides is 1. The Balaban J connectivity index is 2.06. The zero-order valence-electron chi connectivity index (χ0n) is 12.2. The molecule has 2 saturated heterocycles. The summed E-state index contributed by atoms with van der Waals surface area (Å²) in [5, 5.41) is 4.18. The van der Waals surface area contributed by atoms with Crippen molar-refractivity contribution in [2.24, 2.45) is 5.92 Å². The molecule has 8 heteroatoms. The minimum absolute atomic E-state index is 0.0532. The fourth-order valence-corrected chi connectivity index (χ4v) is 3.17. The highest BCUT2D eigenvalue weighted by molar-refractivity contribution is 5.85. The molecule has 2 N–H and O–H groups in total. The van der Waals surface area contributed by atoms with E-state index in [1.807, 2.05) is 6.92 Å². The van der Waals surface area contributed by atoms with Crippen LogP contribution in [-0.2, 0) is 4.79 Å². The molecule has 3 atom stereocenters. The van der Waals surface area contributed by atoms with Crippen LogP contribution in [0, 0.1) is 5.92 Å². The van der Waals surface area contributed by atoms with Crippen molar-refractivity contribution in [1.82, 2.24) is 20.7 Å². The summed E-state index contributed by atoms with van der Waals surface area (Å²) in [6.45, 7) is 5.32. The van der Waals surface area contributed by atoms with E-state index in [-0.39, 0.29) is 30.5 Å². The van der Waals surface area contributed by atoms with Crippen LogP contribution in [0.15, 0.2) is 12.3 Å². The molecule has 0 aromatic carbocycles. The van der Waals surface area contributed by atoms with E-state index >= 15 is 0 Å². The molecule has 21 heavy (non-hydrogen) atoms. The molecular weight excluding hydrogens is 285 g/mol. The van der Waals surface area contributed by atoms with Gasteiger partial charge in [-0.1, -0.05) is 13.5 Å². The van der Waals surface area contributed by atoms with Crippen molar-refractivity contribution in [3.8, 4) is 0 Å². The van der Waals surface area contributed by atoms with Gasteiger partial charge in [0.05, 0.1) is 18.0 Å². The first-order valence-electron chi connectivity index (χ1n) is 7.02. The number of nitrogens with zero attached hydrogens (tertiary/aromatic N) is 2. The van der Waals surface area contributed by atoms with Crippen molar-refractivity contribution < 1.29 is 18.0 Å². The summed E-state index contributed by atoms with van der Waals surface area (Å²) in [5.41, 5.74) is 3.35. The molecule has 120 valence electrons. The Labute approximate surface area is 122 Å². The van der Waals surface area contributed by atoms with Gasteiger partial charge in [-0.3, -0.25) is 10.2 Å². The third-order valence-corrected chi connectivity index (χ3v) is 4.09. The molecule has 0 bridgehead atoms. The smallest absolute Gasteiger partial charge is 0.311 e. The monoisotopic (exact) mass is 306 g/mol. The lowest BCUT2D eigenvalue weighted by molar-refractivity contribution is -0.149. The molecule has 0 radical (unpaired) electrons. The second kappa shape index (κ2) is 5.94. The molecule has 5 nitrogen and oxygen atoms in total. The number of hydrazine groups is 1. The number of nitrogens with one attached hydrogen (secondary N) is 2. The Hall–Kier alpha value is -1.12. The Morgan fingerprint density at radius 1 is 1.48 bits per heavy atom. The third-order valence-electron chi connectivity index (χ3n) is 4.09. The van der Waals surface area contributed by atoms with Gasteiger partial charge in [-0.2, -0.15) is 13.2 Å². The van der Waals surface area contributed by atoms with Crippen molar-refractivity contribution in [2.45, 2.75) is 31.6 Å². The second-order valence-electron chi connectivity index (χ2n) is 5.49. The largest absolute Gasteiger partial charge is 0.402 e. The number of rotatable bonds is 4. The lowest BCUT2D eigenvalue weighted by atomic mass is 9.99. The van der Waals surface area contributed by atoms with Crippen molar-refractivity contribution in [1.29, 1.82) is 0 Å². The van der Waals surface area contributed by atoms with E-state index < -0.39 is 12.7 Å². The van der Waals surface area contributed by atoms with E-state index in [9.17, 15) is 18.0 Å². The number of carbonyl (C=O) groups is 1. The second-order valence-corrected chi connectivity index (χ2v) is 5.49. The molecule has 0 spiro atoms. The van der Waals surface area contributed by atoms with Gasteiger partial charge in [0.15, 0.2) is 0 Å². The third kappa shape index (κ3) is 3.22. The van der Waals surface area contributed by atoms with Gasteiger partial charge in [-0.15, -0.1) is 0 Å². The molecule has 0 aliphatic carbocycles. The van der Waals surface area contributed by atoms with E-state index in [4.69, 9.17) is 0 Å². The maximum atomic E-state index is 12.5. The molecule has 2 aliphatic rings. The van der Waals surface area contributed by atoms with Crippen molar-refractivity contribution in [3.05, 3.63) is 12.3 Å². The molecule has 2 aliphatic heterocycles. The standard InChI is InChI=1S/C13H21F3N4O/c1-4-10-11(17-3)8(2)20(12(10)21)9-5-18-19(6-9)7-13(14,15)16/h9-11,17-18H,2,4-7H2,1,3H3. The number of hydrogen-bond donors (Lipinski definition) is 2. The van der Waals surface area contributed by atoms with Crippen LogP contribution in [0.25, 0.3) is 0 Å². The number of likely N-dealkylation sites (N-methyl/N-ethyl adjacent to an activating group) is 1. The maximum absolute atomic E-state index is 12.5. The number of carbonyl (C=O) groups excluding carboxylic acids is 1. The molecular formula is C13H21F3N4O. The van der Waals surface area contributed by atoms with Gasteiger partial charge in [0.1, 0.15) is 6.54 Å². The van der Waals surface area contributed by atoms with Gasteiger partial charge >= 0.3 is 6.18 Å². The van der Waals surface area contributed by atoms with Gasteiger partial charge in [-0.25, -0.2) is 5.01 Å². The summed E-state index contributed by atoms with van der Waals surface area (Å²) in [5.74, 6) is -0.248. The molecule has 0 saturated carbocycles. The molecule has 3 unspecified atom stereocenters. The minimum atomic E-state index is -4.26. The van der Waals surface area contributed by atoms with Gasteiger partial charge in [0, 0.05) is 18.8 Å². The number of likely N-dealkylation sites (tertiary alicyclic amines) is 1. The van der Waals surface area contributed by atoms with E-state index in [0.717, 1.165) is 5.01 Å². The molecule has 1 amide bonds. The molecule has 0 aromatic rings. The van der Waals surface area contributed by atoms with Gasteiger partial charge in [0.2, 0.25) is 5.91 Å². The quantitative estimate of drug-likeness (QED) is 0.803. The maximum Gasteiger partial charge on any atom is 0.402 e. The van der Waals surface area contributed by atoms with Gasteiger partial charge < -0.3 is 10.2 Å². The van der Waals surface area contributed by atoms with Gasteiger partial charge in [-0.05, 0) is 13.5 Å². The molecule has 2 rings (SSSR count). The summed E-state index contributed by atoms with van der Waals surface area (Å²) < 4.78 is 37.2. The molecule has 2 heterocycles. The van der Waals surface area contributed by atoms with Crippen LogP contribution in [0.1, 0.15) is 13.3 Å². The first-order chi connectivity index (χ1) is 9.78. The molecule has 0 aromatic heterocycles. The average molecular weight is 306 g/mol. The lowest BCUT2D eigenvalue weighted by Crippen LogP contribution is -2.41. The predicted octanol–water partition coefficient (Wildman–Crippen LogP) is 0.708. The van der Waals surface area contributed by atoms with Crippen LogP contribution in [-0.4, -0.2) is 60.8 Å². The predicted molar refractivity (Wildman–Crippen MR) is 72.0 cm³/mol. The minimum Gasteiger partial charge on any atom is -0.311 e. The summed E-state index contributed by atoms with van der Waals surface area (Å²) in [6.07, 6.45) is -3.58. The average Bonchev–Trinajstić information content (AvgIpc) is 2.89. The fourth-order valence-electron chi connectivity index (χ4n) is 3.17. The van der Waals surface area contributed by atoms with Crippen LogP contribution in [0.5, 0.6) is 0 Å². The summed E-state index contributed by atoms with van der Waals surface area (Å²) in [7, 11) is 1.76. The van der Waals surface area contributed by atoms with E-state index in [1.165, 1.54) is 0 Å². The summed E-state index contributed by atoms with van der Waals surface area (Å²) >= 11 is 0. The zero-order chi connectivity index (χ0) is 15.8. The van der Waals surface area contributed by atoms with E-state index in [0.29, 0.717) is 18.7 Å². The van der Waals surface area contributed by atoms with Crippen LogP contribution in [0.4, 0.5) is 13.2 Å². The number of alkyl halides is 3.